The molecule has 200 valence electrons. The Kier molecular flexibility index (Phi) is 7.63. The van der Waals surface area contributed by atoms with Gasteiger partial charge in [0.05, 0.1) is 21.2 Å². The van der Waals surface area contributed by atoms with E-state index < -0.39 is 15.8 Å². The Morgan fingerprint density at radius 1 is 0.875 bits per heavy atom. The molecule has 9 heteroatoms. The van der Waals surface area contributed by atoms with Crippen molar-refractivity contribution in [1.82, 2.24) is 9.55 Å². The summed E-state index contributed by atoms with van der Waals surface area (Å²) in [6.07, 6.45) is 6.80. The predicted octanol–water partition coefficient (Wildman–Crippen LogP) is 7.79. The first kappa shape index (κ1) is 27.4. The van der Waals surface area contributed by atoms with Gasteiger partial charge < -0.3 is 5.11 Å². The van der Waals surface area contributed by atoms with Gasteiger partial charge in [-0.05, 0) is 77.4 Å². The number of aromatic nitrogens is 2. The third-order valence-electron chi connectivity index (χ3n) is 6.26. The van der Waals surface area contributed by atoms with Crippen LogP contribution < -0.4 is 0 Å². The van der Waals surface area contributed by atoms with Crippen LogP contribution in [-0.2, 0) is 9.84 Å². The summed E-state index contributed by atoms with van der Waals surface area (Å²) in [5.74, 6) is -0.397. The maximum Gasteiger partial charge on any atom is 0.335 e. The molecule has 6 nitrogen and oxygen atoms in total. The van der Waals surface area contributed by atoms with E-state index in [1.54, 1.807) is 48.5 Å². The zero-order valence-electron chi connectivity index (χ0n) is 21.1. The van der Waals surface area contributed by atoms with Crippen molar-refractivity contribution < 1.29 is 18.3 Å². The van der Waals surface area contributed by atoms with Gasteiger partial charge in [0.15, 0.2) is 9.84 Å². The van der Waals surface area contributed by atoms with E-state index in [0.717, 1.165) is 22.4 Å². The molecule has 0 atom stereocenters. The minimum atomic E-state index is -3.30. The number of carbonyl (C=O) groups is 1. The smallest absolute Gasteiger partial charge is 0.335 e. The first-order valence-electron chi connectivity index (χ1n) is 12.1. The number of carboxylic acids is 1. The first-order chi connectivity index (χ1) is 19.1. The van der Waals surface area contributed by atoms with E-state index >= 15 is 0 Å². The average Bonchev–Trinajstić information content (AvgIpc) is 3.35. The first-order valence-corrected chi connectivity index (χ1v) is 14.7. The van der Waals surface area contributed by atoms with Crippen LogP contribution in [0.2, 0.25) is 10.0 Å². The van der Waals surface area contributed by atoms with Crippen molar-refractivity contribution in [2.24, 2.45) is 0 Å². The fourth-order valence-electron chi connectivity index (χ4n) is 4.17. The Bertz CT molecular complexity index is 1860. The minimum absolute atomic E-state index is 0.184. The van der Waals surface area contributed by atoms with Crippen LogP contribution in [0.4, 0.5) is 0 Å². The second kappa shape index (κ2) is 11.1. The summed E-state index contributed by atoms with van der Waals surface area (Å²) in [6, 6.07) is 26.3. The number of halogens is 2. The lowest BCUT2D eigenvalue weighted by molar-refractivity contribution is 0.0697. The Morgan fingerprint density at radius 2 is 1.60 bits per heavy atom. The highest BCUT2D eigenvalue weighted by atomic mass is 35.5. The van der Waals surface area contributed by atoms with Crippen molar-refractivity contribution in [1.29, 1.82) is 0 Å². The quantitative estimate of drug-likeness (QED) is 0.209. The van der Waals surface area contributed by atoms with Gasteiger partial charge in [0, 0.05) is 28.7 Å². The Hall–Kier alpha value is -4.17. The molecule has 0 aliphatic heterocycles. The number of aromatic carboxylic acids is 1. The largest absolute Gasteiger partial charge is 0.478 e. The van der Waals surface area contributed by atoms with Crippen molar-refractivity contribution in [3.63, 3.8) is 0 Å². The number of imidazole rings is 1. The van der Waals surface area contributed by atoms with Crippen LogP contribution in [0.5, 0.6) is 0 Å². The summed E-state index contributed by atoms with van der Waals surface area (Å²) in [4.78, 5) is 16.4. The maximum absolute atomic E-state index is 11.9. The van der Waals surface area contributed by atoms with Crippen LogP contribution in [0.3, 0.4) is 0 Å². The zero-order valence-corrected chi connectivity index (χ0v) is 23.5. The van der Waals surface area contributed by atoms with Crippen LogP contribution in [-0.4, -0.2) is 35.3 Å². The summed E-state index contributed by atoms with van der Waals surface area (Å²) in [7, 11) is -3.30. The molecule has 0 saturated carbocycles. The van der Waals surface area contributed by atoms with E-state index in [9.17, 15) is 18.3 Å². The summed E-state index contributed by atoms with van der Waals surface area (Å²) in [5, 5.41) is 10.3. The fourth-order valence-corrected chi connectivity index (χ4v) is 5.35. The number of benzene rings is 4. The number of carboxylic acid groups (broad SMARTS) is 1. The van der Waals surface area contributed by atoms with Crippen LogP contribution >= 0.6 is 23.2 Å². The average molecular weight is 590 g/mol. The van der Waals surface area contributed by atoms with Crippen LogP contribution in [0.1, 0.15) is 21.7 Å². The second-order valence-corrected chi connectivity index (χ2v) is 11.9. The van der Waals surface area contributed by atoms with Crippen molar-refractivity contribution in [3.8, 4) is 28.1 Å². The molecule has 1 N–H and O–H groups in total. The van der Waals surface area contributed by atoms with Crippen molar-refractivity contribution >= 4 is 51.2 Å². The van der Waals surface area contributed by atoms with Gasteiger partial charge >= 0.3 is 5.97 Å². The molecule has 1 heterocycles. The fraction of sp³-hybridized carbons (Fsp3) is 0.0323. The molecular weight excluding hydrogens is 567 g/mol. The third kappa shape index (κ3) is 6.02. The molecule has 40 heavy (non-hydrogen) atoms. The SMILES string of the molecule is CS(=O)(=O)c1cccc(-c2ccc(/C=C/c3nc(-c4ccc(Cl)cc4Cl)cn3-c3ccc(C(=O)O)cc3)cc2)c1. The van der Waals surface area contributed by atoms with Gasteiger partial charge in [0.25, 0.3) is 0 Å². The summed E-state index contributed by atoms with van der Waals surface area (Å²) in [6.45, 7) is 0. The van der Waals surface area contributed by atoms with Crippen LogP contribution in [0.15, 0.2) is 102 Å². The topological polar surface area (TPSA) is 89.3 Å². The molecule has 5 rings (SSSR count). The Labute approximate surface area is 241 Å². The molecule has 4 aromatic carbocycles. The normalized spacial score (nSPS) is 11.7. The van der Waals surface area contributed by atoms with Crippen molar-refractivity contribution in [2.45, 2.75) is 4.90 Å². The highest BCUT2D eigenvalue weighted by Crippen LogP contribution is 2.31. The number of hydrogen-bond acceptors (Lipinski definition) is 4. The summed E-state index contributed by atoms with van der Waals surface area (Å²) < 4.78 is 25.7. The Morgan fingerprint density at radius 3 is 2.25 bits per heavy atom. The standard InChI is InChI=1S/C31H22Cl2N2O4S/c1-40(38,39)26-4-2-3-23(17-26)21-8-5-20(6-9-21)7-16-30-34-29(27-15-12-24(32)18-28(27)33)19-35(30)25-13-10-22(11-14-25)31(36)37/h2-19H,1H3,(H,36,37)/b16-7+. The number of sulfone groups is 1. The zero-order chi connectivity index (χ0) is 28.4. The molecule has 0 aliphatic rings. The van der Waals surface area contributed by atoms with E-state index in [4.69, 9.17) is 28.2 Å². The van der Waals surface area contributed by atoms with E-state index in [1.165, 1.54) is 18.4 Å². The highest BCUT2D eigenvalue weighted by molar-refractivity contribution is 7.90. The van der Waals surface area contributed by atoms with Gasteiger partial charge in [0.2, 0.25) is 0 Å². The number of nitrogens with zero attached hydrogens (tertiary/aromatic N) is 2. The van der Waals surface area contributed by atoms with Gasteiger partial charge in [-0.25, -0.2) is 18.2 Å². The Balaban J connectivity index is 1.49. The molecule has 0 bridgehead atoms. The number of hydrogen-bond donors (Lipinski definition) is 1. The molecule has 1 aromatic heterocycles. The molecule has 0 unspecified atom stereocenters. The lowest BCUT2D eigenvalue weighted by Crippen LogP contribution is -1.99. The monoisotopic (exact) mass is 588 g/mol. The lowest BCUT2D eigenvalue weighted by Gasteiger charge is -2.06. The van der Waals surface area contributed by atoms with E-state index in [1.807, 2.05) is 53.2 Å². The molecule has 0 amide bonds. The number of rotatable bonds is 7. The van der Waals surface area contributed by atoms with Gasteiger partial charge in [-0.1, -0.05) is 65.7 Å². The molecule has 0 saturated heterocycles. The molecule has 0 fully saturated rings. The van der Waals surface area contributed by atoms with Gasteiger partial charge in [-0.15, -0.1) is 0 Å². The molecule has 0 radical (unpaired) electrons. The van der Waals surface area contributed by atoms with E-state index in [0.29, 0.717) is 27.1 Å². The molecule has 0 spiro atoms. The van der Waals surface area contributed by atoms with Gasteiger partial charge in [0.1, 0.15) is 5.82 Å². The molecule has 0 aliphatic carbocycles. The van der Waals surface area contributed by atoms with E-state index in [-0.39, 0.29) is 10.5 Å². The molecular formula is C31H22Cl2N2O4S. The molecule has 5 aromatic rings. The second-order valence-electron chi connectivity index (χ2n) is 9.09. The minimum Gasteiger partial charge on any atom is -0.478 e. The van der Waals surface area contributed by atoms with Gasteiger partial charge in [-0.3, -0.25) is 4.57 Å². The van der Waals surface area contributed by atoms with Crippen molar-refractivity contribution in [3.05, 3.63) is 124 Å². The summed E-state index contributed by atoms with van der Waals surface area (Å²) in [5.41, 5.74) is 4.86. The maximum atomic E-state index is 11.9. The highest BCUT2D eigenvalue weighted by Gasteiger charge is 2.14. The lowest BCUT2D eigenvalue weighted by atomic mass is 10.0. The third-order valence-corrected chi connectivity index (χ3v) is 7.92. The van der Waals surface area contributed by atoms with Gasteiger partial charge in [-0.2, -0.15) is 0 Å². The predicted molar refractivity (Wildman–Crippen MR) is 160 cm³/mol. The van der Waals surface area contributed by atoms with Crippen LogP contribution in [0.25, 0.3) is 40.2 Å². The van der Waals surface area contributed by atoms with E-state index in [2.05, 4.69) is 0 Å². The van der Waals surface area contributed by atoms with Crippen molar-refractivity contribution in [2.75, 3.05) is 6.26 Å². The summed E-state index contributed by atoms with van der Waals surface area (Å²) >= 11 is 12.5. The van der Waals surface area contributed by atoms with Crippen LogP contribution in [0, 0.1) is 0 Å².